The molecule has 3 N–H and O–H groups in total. The van der Waals surface area contributed by atoms with E-state index in [2.05, 4.69) is 17.2 Å². The Balaban J connectivity index is 1.65. The Morgan fingerprint density at radius 3 is 2.84 bits per heavy atom. The van der Waals surface area contributed by atoms with E-state index < -0.39 is 0 Å². The van der Waals surface area contributed by atoms with Crippen LogP contribution in [-0.2, 0) is 11.2 Å². The number of nitrogens with two attached hydrogens (primary N) is 1. The van der Waals surface area contributed by atoms with Gasteiger partial charge in [0.1, 0.15) is 0 Å². The number of aryl methyl sites for hydroxylation is 3. The molecule has 0 bridgehead atoms. The number of hydrogen-bond acceptors (Lipinski definition) is 4. The monoisotopic (exact) mass is 281 g/mol. The van der Waals surface area contributed by atoms with Crippen molar-refractivity contribution in [1.29, 1.82) is 0 Å². The van der Waals surface area contributed by atoms with E-state index in [-0.39, 0.29) is 17.9 Å². The predicted molar refractivity (Wildman–Crippen MR) is 78.2 cm³/mol. The molecule has 0 saturated heterocycles. The van der Waals surface area contributed by atoms with Gasteiger partial charge in [-0.25, -0.2) is 4.98 Å². The molecule has 0 aromatic carbocycles. The van der Waals surface area contributed by atoms with Crippen molar-refractivity contribution in [2.45, 2.75) is 52.0 Å². The molecular weight excluding hydrogens is 258 g/mol. The smallest absolute Gasteiger partial charge is 0.223 e. The van der Waals surface area contributed by atoms with Gasteiger partial charge < -0.3 is 11.1 Å². The maximum atomic E-state index is 11.9. The van der Waals surface area contributed by atoms with Crippen LogP contribution in [0, 0.1) is 19.8 Å². The second kappa shape index (κ2) is 6.48. The number of carbonyl (C=O) groups excluding carboxylic acids is 1. The standard InChI is InChI=1S/C14H23N3OS/c1-9-10(2)19-13(17-9)4-3-7-16-14(18)11-5-6-12(15)8-11/h11-12H,3-8,15H2,1-2H3,(H,16,18)/t11-,12+/m0/s1. The highest BCUT2D eigenvalue weighted by molar-refractivity contribution is 7.11. The van der Waals surface area contributed by atoms with Crippen molar-refractivity contribution in [2.75, 3.05) is 6.54 Å². The molecule has 0 spiro atoms. The Hall–Kier alpha value is -0.940. The lowest BCUT2D eigenvalue weighted by molar-refractivity contribution is -0.124. The van der Waals surface area contributed by atoms with E-state index in [1.807, 2.05) is 6.92 Å². The molecule has 1 fully saturated rings. The molecule has 1 heterocycles. The van der Waals surface area contributed by atoms with Crippen molar-refractivity contribution in [3.63, 3.8) is 0 Å². The van der Waals surface area contributed by atoms with Crippen LogP contribution in [0.15, 0.2) is 0 Å². The van der Waals surface area contributed by atoms with Crippen molar-refractivity contribution >= 4 is 17.2 Å². The minimum Gasteiger partial charge on any atom is -0.356 e. The number of nitrogens with one attached hydrogen (secondary N) is 1. The van der Waals surface area contributed by atoms with Gasteiger partial charge in [0.2, 0.25) is 5.91 Å². The van der Waals surface area contributed by atoms with Gasteiger partial charge in [-0.2, -0.15) is 0 Å². The van der Waals surface area contributed by atoms with Gasteiger partial charge in [0.05, 0.1) is 10.7 Å². The van der Waals surface area contributed by atoms with Crippen molar-refractivity contribution < 1.29 is 4.79 Å². The van der Waals surface area contributed by atoms with Gasteiger partial charge in [0.25, 0.3) is 0 Å². The molecular formula is C14H23N3OS. The predicted octanol–water partition coefficient (Wildman–Crippen LogP) is 1.94. The van der Waals surface area contributed by atoms with E-state index in [4.69, 9.17) is 5.73 Å². The van der Waals surface area contributed by atoms with Gasteiger partial charge in [0.15, 0.2) is 0 Å². The third-order valence-electron chi connectivity index (χ3n) is 3.78. The van der Waals surface area contributed by atoms with Gasteiger partial charge >= 0.3 is 0 Å². The molecule has 19 heavy (non-hydrogen) atoms. The zero-order valence-corrected chi connectivity index (χ0v) is 12.6. The number of nitrogens with zero attached hydrogens (tertiary/aromatic N) is 1. The first-order valence-electron chi connectivity index (χ1n) is 7.02. The summed E-state index contributed by atoms with van der Waals surface area (Å²) in [6, 6.07) is 0.219. The molecule has 106 valence electrons. The first-order valence-corrected chi connectivity index (χ1v) is 7.84. The lowest BCUT2D eigenvalue weighted by Crippen LogP contribution is -2.31. The van der Waals surface area contributed by atoms with E-state index >= 15 is 0 Å². The Morgan fingerprint density at radius 2 is 2.26 bits per heavy atom. The maximum absolute atomic E-state index is 11.9. The van der Waals surface area contributed by atoms with E-state index in [0.29, 0.717) is 0 Å². The normalized spacial score (nSPS) is 22.7. The molecule has 0 radical (unpaired) electrons. The van der Waals surface area contributed by atoms with Crippen LogP contribution in [0.1, 0.15) is 41.3 Å². The molecule has 0 unspecified atom stereocenters. The Bertz CT molecular complexity index is 424. The lowest BCUT2D eigenvalue weighted by Gasteiger charge is -2.10. The highest BCUT2D eigenvalue weighted by atomic mass is 32.1. The largest absolute Gasteiger partial charge is 0.356 e. The molecule has 1 aliphatic rings. The molecule has 1 amide bonds. The third kappa shape index (κ3) is 4.01. The first-order chi connectivity index (χ1) is 9.06. The molecule has 5 heteroatoms. The molecule has 0 aliphatic heterocycles. The van der Waals surface area contributed by atoms with Crippen LogP contribution >= 0.6 is 11.3 Å². The van der Waals surface area contributed by atoms with E-state index in [9.17, 15) is 4.79 Å². The Labute approximate surface area is 118 Å². The second-order valence-corrected chi connectivity index (χ2v) is 6.70. The summed E-state index contributed by atoms with van der Waals surface area (Å²) in [6.07, 6.45) is 4.67. The zero-order chi connectivity index (χ0) is 13.8. The first kappa shape index (κ1) is 14.5. The number of carbonyl (C=O) groups is 1. The number of thiazole rings is 1. The number of amides is 1. The highest BCUT2D eigenvalue weighted by Gasteiger charge is 2.27. The van der Waals surface area contributed by atoms with Crippen LogP contribution in [0.5, 0.6) is 0 Å². The van der Waals surface area contributed by atoms with E-state index in [0.717, 1.165) is 44.3 Å². The lowest BCUT2D eigenvalue weighted by atomic mass is 10.1. The minimum atomic E-state index is 0.138. The molecule has 4 nitrogen and oxygen atoms in total. The molecule has 1 aliphatic carbocycles. The van der Waals surface area contributed by atoms with E-state index in [1.54, 1.807) is 11.3 Å². The molecule has 1 aromatic rings. The quantitative estimate of drug-likeness (QED) is 0.810. The maximum Gasteiger partial charge on any atom is 0.223 e. The van der Waals surface area contributed by atoms with E-state index in [1.165, 1.54) is 9.88 Å². The average molecular weight is 281 g/mol. The van der Waals surface area contributed by atoms with Crippen molar-refractivity contribution in [1.82, 2.24) is 10.3 Å². The van der Waals surface area contributed by atoms with Gasteiger partial charge in [-0.05, 0) is 39.5 Å². The van der Waals surface area contributed by atoms with Gasteiger partial charge in [0, 0.05) is 29.8 Å². The van der Waals surface area contributed by atoms with Crippen LogP contribution in [0.4, 0.5) is 0 Å². The summed E-state index contributed by atoms with van der Waals surface area (Å²) in [7, 11) is 0. The summed E-state index contributed by atoms with van der Waals surface area (Å²) in [5.74, 6) is 0.318. The summed E-state index contributed by atoms with van der Waals surface area (Å²) in [6.45, 7) is 4.88. The van der Waals surface area contributed by atoms with Crippen LogP contribution in [0.2, 0.25) is 0 Å². The zero-order valence-electron chi connectivity index (χ0n) is 11.7. The third-order valence-corrected chi connectivity index (χ3v) is 4.92. The fourth-order valence-corrected chi connectivity index (χ4v) is 3.47. The minimum absolute atomic E-state index is 0.138. The fourth-order valence-electron chi connectivity index (χ4n) is 2.50. The van der Waals surface area contributed by atoms with Crippen LogP contribution in [-0.4, -0.2) is 23.5 Å². The summed E-state index contributed by atoms with van der Waals surface area (Å²) in [5, 5.41) is 4.19. The average Bonchev–Trinajstić information content (AvgIpc) is 2.92. The van der Waals surface area contributed by atoms with Crippen molar-refractivity contribution in [2.24, 2.45) is 11.7 Å². The Kier molecular flexibility index (Phi) is 4.93. The van der Waals surface area contributed by atoms with Gasteiger partial charge in [-0.1, -0.05) is 0 Å². The molecule has 2 rings (SSSR count). The summed E-state index contributed by atoms with van der Waals surface area (Å²) in [5.41, 5.74) is 6.95. The summed E-state index contributed by atoms with van der Waals surface area (Å²) >= 11 is 1.76. The SMILES string of the molecule is Cc1nc(CCCNC(=O)[C@H]2CC[C@@H](N)C2)sc1C. The van der Waals surface area contributed by atoms with Crippen LogP contribution in [0.25, 0.3) is 0 Å². The topological polar surface area (TPSA) is 68.0 Å². The fraction of sp³-hybridized carbons (Fsp3) is 0.714. The Morgan fingerprint density at radius 1 is 1.47 bits per heavy atom. The second-order valence-electron chi connectivity index (χ2n) is 5.41. The number of aromatic nitrogens is 1. The van der Waals surface area contributed by atoms with Crippen molar-refractivity contribution in [3.8, 4) is 0 Å². The summed E-state index contributed by atoms with van der Waals surface area (Å²) in [4.78, 5) is 17.7. The summed E-state index contributed by atoms with van der Waals surface area (Å²) < 4.78 is 0. The molecule has 1 aromatic heterocycles. The van der Waals surface area contributed by atoms with Crippen LogP contribution < -0.4 is 11.1 Å². The van der Waals surface area contributed by atoms with Gasteiger partial charge in [-0.3, -0.25) is 4.79 Å². The highest BCUT2D eigenvalue weighted by Crippen LogP contribution is 2.24. The molecule has 1 saturated carbocycles. The molecule has 2 atom stereocenters. The van der Waals surface area contributed by atoms with Crippen molar-refractivity contribution in [3.05, 3.63) is 15.6 Å². The number of hydrogen-bond donors (Lipinski definition) is 2. The van der Waals surface area contributed by atoms with Crippen LogP contribution in [0.3, 0.4) is 0 Å². The van der Waals surface area contributed by atoms with Gasteiger partial charge in [-0.15, -0.1) is 11.3 Å². The number of rotatable bonds is 5.